The summed E-state index contributed by atoms with van der Waals surface area (Å²) in [6.07, 6.45) is 19.2. The van der Waals surface area contributed by atoms with E-state index in [-0.39, 0.29) is 33.1 Å². The second-order valence-corrected chi connectivity index (χ2v) is 2.75. The SMILES string of the molecule is C1=CCC=C1.CCC1=[C-]CC=C1.[CH2-]C.[CH3-].[NH2-].[Ru+4]. The molecule has 2 aliphatic rings. The molecule has 2 heteroatoms. The van der Waals surface area contributed by atoms with E-state index in [1.807, 2.05) is 0 Å². The smallest absolute Gasteiger partial charge is 0.693 e. The van der Waals surface area contributed by atoms with Gasteiger partial charge in [-0.05, 0) is 6.42 Å². The van der Waals surface area contributed by atoms with E-state index in [4.69, 9.17) is 0 Å². The van der Waals surface area contributed by atoms with Crippen LogP contribution in [0.3, 0.4) is 0 Å². The van der Waals surface area contributed by atoms with Gasteiger partial charge < -0.3 is 20.5 Å². The minimum Gasteiger partial charge on any atom is -0.693 e. The van der Waals surface area contributed by atoms with Crippen LogP contribution in [0.25, 0.3) is 6.15 Å². The van der Waals surface area contributed by atoms with Crippen molar-refractivity contribution in [3.8, 4) is 0 Å². The van der Waals surface area contributed by atoms with Crippen molar-refractivity contribution in [3.05, 3.63) is 68.6 Å². The molecule has 0 fully saturated rings. The maximum atomic E-state index is 3.25. The summed E-state index contributed by atoms with van der Waals surface area (Å²) in [4.78, 5) is 0. The van der Waals surface area contributed by atoms with Gasteiger partial charge in [0.2, 0.25) is 0 Å². The predicted molar refractivity (Wildman–Crippen MR) is 76.4 cm³/mol. The van der Waals surface area contributed by atoms with E-state index in [9.17, 15) is 0 Å². The summed E-state index contributed by atoms with van der Waals surface area (Å²) >= 11 is 0. The number of nitrogens with two attached hydrogens (primary N) is 1. The Kier molecular flexibility index (Phi) is 31.2. The molecule has 0 aromatic heterocycles. The summed E-state index contributed by atoms with van der Waals surface area (Å²) in [6.45, 7) is 7.15. The molecule has 0 saturated carbocycles. The van der Waals surface area contributed by atoms with E-state index in [1.165, 1.54) is 5.57 Å². The Morgan fingerprint density at radius 3 is 1.88 bits per heavy atom. The van der Waals surface area contributed by atoms with Crippen molar-refractivity contribution < 1.29 is 19.5 Å². The molecule has 0 unspecified atom stereocenters. The Hall–Kier alpha value is -0.457. The molecule has 0 heterocycles. The van der Waals surface area contributed by atoms with E-state index in [2.05, 4.69) is 56.4 Å². The van der Waals surface area contributed by atoms with Gasteiger partial charge >= 0.3 is 19.5 Å². The van der Waals surface area contributed by atoms with Gasteiger partial charge in [0.05, 0.1) is 0 Å². The van der Waals surface area contributed by atoms with E-state index < -0.39 is 0 Å². The van der Waals surface area contributed by atoms with Crippen LogP contribution in [0.2, 0.25) is 0 Å². The molecule has 0 aromatic carbocycles. The average molecular weight is 320 g/mol. The molecule has 0 amide bonds. The molecular formula is C15H25NRu. The van der Waals surface area contributed by atoms with Crippen molar-refractivity contribution in [1.82, 2.24) is 0 Å². The van der Waals surface area contributed by atoms with Crippen molar-refractivity contribution in [2.24, 2.45) is 0 Å². The van der Waals surface area contributed by atoms with Gasteiger partial charge in [-0.25, -0.2) is 11.6 Å². The zero-order valence-electron chi connectivity index (χ0n) is 11.2. The normalized spacial score (nSPS) is 12.8. The second-order valence-electron chi connectivity index (χ2n) is 2.75. The Balaban J connectivity index is -0.0000000769. The van der Waals surface area contributed by atoms with Gasteiger partial charge in [0.1, 0.15) is 0 Å². The molecule has 0 atom stereocenters. The van der Waals surface area contributed by atoms with Crippen LogP contribution in [-0.4, -0.2) is 0 Å². The monoisotopic (exact) mass is 321 g/mol. The molecule has 2 N–H and O–H groups in total. The van der Waals surface area contributed by atoms with Gasteiger partial charge in [0, 0.05) is 0 Å². The third-order valence-electron chi connectivity index (χ3n) is 1.80. The van der Waals surface area contributed by atoms with Crippen molar-refractivity contribution in [1.29, 1.82) is 0 Å². The molecule has 1 nitrogen and oxygen atoms in total. The molecule has 2 rings (SSSR count). The predicted octanol–water partition coefficient (Wildman–Crippen LogP) is 5.59. The maximum Gasteiger partial charge on any atom is 4.00 e. The zero-order valence-corrected chi connectivity index (χ0v) is 13.0. The Morgan fingerprint density at radius 1 is 1.18 bits per heavy atom. The minimum atomic E-state index is 0. The first-order valence-corrected chi connectivity index (χ1v) is 5.22. The first-order valence-electron chi connectivity index (χ1n) is 5.22. The Labute approximate surface area is 121 Å². The molecule has 0 spiro atoms. The summed E-state index contributed by atoms with van der Waals surface area (Å²) in [6, 6.07) is 0. The number of rotatable bonds is 1. The van der Waals surface area contributed by atoms with Crippen LogP contribution in [0.1, 0.15) is 33.1 Å². The van der Waals surface area contributed by atoms with E-state index in [0.29, 0.717) is 0 Å². The molecular weight excluding hydrogens is 295 g/mol. The van der Waals surface area contributed by atoms with Gasteiger partial charge in [-0.1, -0.05) is 37.6 Å². The second kappa shape index (κ2) is 20.9. The molecule has 0 aromatic rings. The van der Waals surface area contributed by atoms with E-state index in [0.717, 1.165) is 19.3 Å². The van der Waals surface area contributed by atoms with E-state index in [1.54, 1.807) is 6.92 Å². The maximum absolute atomic E-state index is 3.25. The minimum absolute atomic E-state index is 0. The average Bonchev–Trinajstić information content (AvgIpc) is 2.97. The summed E-state index contributed by atoms with van der Waals surface area (Å²) < 4.78 is 0. The fourth-order valence-electron chi connectivity index (χ4n) is 1.09. The summed E-state index contributed by atoms with van der Waals surface area (Å²) in [5, 5.41) is 0. The van der Waals surface area contributed by atoms with Crippen LogP contribution in [0.4, 0.5) is 0 Å². The zero-order chi connectivity index (χ0) is 10.6. The van der Waals surface area contributed by atoms with Gasteiger partial charge in [-0.3, -0.25) is 6.08 Å². The van der Waals surface area contributed by atoms with Crippen LogP contribution in [0, 0.1) is 20.4 Å². The third-order valence-corrected chi connectivity index (χ3v) is 1.80. The quantitative estimate of drug-likeness (QED) is 0.445. The fourth-order valence-corrected chi connectivity index (χ4v) is 1.09. The Bertz CT molecular complexity index is 227. The number of allylic oxidation sites excluding steroid dienone is 8. The van der Waals surface area contributed by atoms with Crippen LogP contribution in [0.5, 0.6) is 0 Å². The van der Waals surface area contributed by atoms with Gasteiger partial charge in [0.25, 0.3) is 0 Å². The first kappa shape index (κ1) is 25.4. The molecule has 98 valence electrons. The number of hydrogen-bond acceptors (Lipinski definition) is 0. The summed E-state index contributed by atoms with van der Waals surface area (Å²) in [5.74, 6) is 0. The molecule has 0 aliphatic heterocycles. The molecule has 0 radical (unpaired) electrons. The van der Waals surface area contributed by atoms with Crippen molar-refractivity contribution in [3.63, 3.8) is 0 Å². The van der Waals surface area contributed by atoms with E-state index >= 15 is 0 Å². The first-order chi connectivity index (χ1) is 6.93. The van der Waals surface area contributed by atoms with Crippen molar-refractivity contribution in [2.45, 2.75) is 33.1 Å². The fraction of sp³-hybridized carbons (Fsp3) is 0.333. The van der Waals surface area contributed by atoms with Crippen LogP contribution in [-0.2, 0) is 19.5 Å². The van der Waals surface area contributed by atoms with Gasteiger partial charge in [-0.15, -0.1) is 6.42 Å². The number of hydrogen-bond donors (Lipinski definition) is 0. The third kappa shape index (κ3) is 15.5. The topological polar surface area (TPSA) is 33.5 Å². The standard InChI is InChI=1S/C7H9.C5H6.C2H5.CH3.H2N.Ru/c1-2-7-5-3-4-6-7;1-2-4-5-3-1;1-2;;;/h3,5H,2,4H2,1H3;1-4H,5H2;1H2,2H3;1H3;1H2;/q-1;;3*-1;+4. The molecule has 2 aliphatic carbocycles. The van der Waals surface area contributed by atoms with Gasteiger partial charge in [0.15, 0.2) is 0 Å². The largest absolute Gasteiger partial charge is 4.00 e. The summed E-state index contributed by atoms with van der Waals surface area (Å²) in [5.41, 5.74) is 1.36. The van der Waals surface area contributed by atoms with Crippen LogP contribution >= 0.6 is 0 Å². The van der Waals surface area contributed by atoms with Crippen molar-refractivity contribution in [2.75, 3.05) is 0 Å². The van der Waals surface area contributed by atoms with Crippen LogP contribution < -0.4 is 0 Å². The molecule has 0 bridgehead atoms. The summed E-state index contributed by atoms with van der Waals surface area (Å²) in [7, 11) is 0. The molecule has 0 saturated heterocycles. The van der Waals surface area contributed by atoms with Crippen LogP contribution in [0.15, 0.2) is 42.0 Å². The van der Waals surface area contributed by atoms with Gasteiger partial charge in [-0.2, -0.15) is 13.0 Å². The van der Waals surface area contributed by atoms with Crippen molar-refractivity contribution >= 4 is 0 Å². The molecule has 17 heavy (non-hydrogen) atoms. The Morgan fingerprint density at radius 2 is 1.71 bits per heavy atom.